The molecule has 3 rings (SSSR count). The Hall–Kier alpha value is -3.02. The first kappa shape index (κ1) is 25.6. The first-order chi connectivity index (χ1) is 16.7. The molecule has 184 valence electrons. The quantitative estimate of drug-likeness (QED) is 0.292. The normalized spacial score (nSPS) is 11.0. The van der Waals surface area contributed by atoms with E-state index in [0.717, 1.165) is 43.3 Å². The van der Waals surface area contributed by atoms with E-state index in [1.165, 1.54) is 37.0 Å². The third-order valence-corrected chi connectivity index (χ3v) is 6.18. The first-order valence-electron chi connectivity index (χ1n) is 12.6. The van der Waals surface area contributed by atoms with Crippen LogP contribution in [-0.4, -0.2) is 36.2 Å². The third kappa shape index (κ3) is 7.24. The number of aryl methyl sites for hydroxylation is 2. The molecule has 6 heteroatoms. The maximum Gasteiger partial charge on any atom is 0.224 e. The topological polar surface area (TPSA) is 65.4 Å². The molecular formula is C28H39N3O3. The highest BCUT2D eigenvalue weighted by atomic mass is 16.5. The molecule has 0 unspecified atom stereocenters. The number of nitrogens with one attached hydrogen (secondary N) is 1. The highest BCUT2D eigenvalue weighted by Crippen LogP contribution is 2.27. The fourth-order valence-corrected chi connectivity index (χ4v) is 4.31. The first-order valence-corrected chi connectivity index (χ1v) is 12.6. The molecule has 0 atom stereocenters. The molecule has 0 bridgehead atoms. The molecule has 1 heterocycles. The van der Waals surface area contributed by atoms with E-state index in [2.05, 4.69) is 41.1 Å². The van der Waals surface area contributed by atoms with E-state index in [1.54, 1.807) is 14.2 Å². The lowest BCUT2D eigenvalue weighted by Crippen LogP contribution is -2.26. The van der Waals surface area contributed by atoms with Gasteiger partial charge < -0.3 is 19.4 Å². The van der Waals surface area contributed by atoms with Gasteiger partial charge >= 0.3 is 0 Å². The molecular weight excluding hydrogens is 426 g/mol. The van der Waals surface area contributed by atoms with Gasteiger partial charge in [-0.2, -0.15) is 0 Å². The molecule has 6 nitrogen and oxygen atoms in total. The van der Waals surface area contributed by atoms with Crippen LogP contribution in [0.4, 0.5) is 0 Å². The molecule has 0 saturated carbocycles. The summed E-state index contributed by atoms with van der Waals surface area (Å²) >= 11 is 0. The number of fused-ring (bicyclic) bond motifs is 1. The predicted molar refractivity (Wildman–Crippen MR) is 138 cm³/mol. The highest BCUT2D eigenvalue weighted by Gasteiger charge is 2.11. The molecule has 0 spiro atoms. The van der Waals surface area contributed by atoms with Crippen LogP contribution in [-0.2, 0) is 24.2 Å². The minimum Gasteiger partial charge on any atom is -0.493 e. The van der Waals surface area contributed by atoms with E-state index in [0.29, 0.717) is 24.5 Å². The van der Waals surface area contributed by atoms with Crippen LogP contribution < -0.4 is 14.8 Å². The van der Waals surface area contributed by atoms with Crippen molar-refractivity contribution in [2.45, 2.75) is 71.3 Å². The summed E-state index contributed by atoms with van der Waals surface area (Å²) in [6.45, 7) is 3.98. The van der Waals surface area contributed by atoms with Gasteiger partial charge in [-0.3, -0.25) is 4.79 Å². The van der Waals surface area contributed by atoms with Crippen LogP contribution >= 0.6 is 0 Å². The molecule has 2 aromatic carbocycles. The van der Waals surface area contributed by atoms with Gasteiger partial charge in [-0.1, -0.05) is 50.8 Å². The smallest absolute Gasteiger partial charge is 0.224 e. The Morgan fingerprint density at radius 2 is 1.74 bits per heavy atom. The Kier molecular flexibility index (Phi) is 10.3. The largest absolute Gasteiger partial charge is 0.493 e. The van der Waals surface area contributed by atoms with E-state index in [1.807, 2.05) is 18.2 Å². The minimum atomic E-state index is 0.0288. The van der Waals surface area contributed by atoms with Gasteiger partial charge in [-0.05, 0) is 49.1 Å². The number of hydrogen-bond donors (Lipinski definition) is 1. The van der Waals surface area contributed by atoms with Gasteiger partial charge in [0, 0.05) is 19.5 Å². The van der Waals surface area contributed by atoms with Gasteiger partial charge in [0.05, 0.1) is 31.7 Å². The predicted octanol–water partition coefficient (Wildman–Crippen LogP) is 5.71. The fourth-order valence-electron chi connectivity index (χ4n) is 4.31. The maximum absolute atomic E-state index is 12.3. The van der Waals surface area contributed by atoms with E-state index < -0.39 is 0 Å². The van der Waals surface area contributed by atoms with Crippen LogP contribution in [0.25, 0.3) is 11.0 Å². The minimum absolute atomic E-state index is 0.0288. The van der Waals surface area contributed by atoms with Crippen molar-refractivity contribution < 1.29 is 14.3 Å². The van der Waals surface area contributed by atoms with Crippen LogP contribution in [0.1, 0.15) is 63.3 Å². The van der Waals surface area contributed by atoms with Crippen molar-refractivity contribution in [1.82, 2.24) is 14.9 Å². The van der Waals surface area contributed by atoms with E-state index in [4.69, 9.17) is 14.5 Å². The number of methoxy groups -OCH3 is 2. The Balaban J connectivity index is 1.41. The standard InChI is InChI=1S/C28H39N3O3/c1-4-5-6-12-19-31-24-14-10-9-13-23(24)30-27(31)15-8-7-11-18-29-28(32)21-22-16-17-25(33-2)26(20-22)34-3/h9-10,13-14,16-17,20H,4-8,11-12,15,18-19,21H2,1-3H3,(H,29,32). The monoisotopic (exact) mass is 465 g/mol. The van der Waals surface area contributed by atoms with Crippen molar-refractivity contribution in [2.75, 3.05) is 20.8 Å². The van der Waals surface area contributed by atoms with E-state index >= 15 is 0 Å². The second kappa shape index (κ2) is 13.6. The molecule has 0 saturated heterocycles. The van der Waals surface area contributed by atoms with Crippen LogP contribution in [0, 0.1) is 0 Å². The molecule has 0 aliphatic rings. The highest BCUT2D eigenvalue weighted by molar-refractivity contribution is 5.78. The van der Waals surface area contributed by atoms with Crippen molar-refractivity contribution in [3.05, 3.63) is 53.9 Å². The molecule has 1 aromatic heterocycles. The molecule has 0 aliphatic heterocycles. The summed E-state index contributed by atoms with van der Waals surface area (Å²) in [4.78, 5) is 17.2. The zero-order valence-corrected chi connectivity index (χ0v) is 20.9. The van der Waals surface area contributed by atoms with Crippen molar-refractivity contribution in [1.29, 1.82) is 0 Å². The Bertz CT molecular complexity index is 1040. The lowest BCUT2D eigenvalue weighted by Gasteiger charge is -2.10. The average Bonchev–Trinajstić information content (AvgIpc) is 3.21. The molecule has 34 heavy (non-hydrogen) atoms. The van der Waals surface area contributed by atoms with Crippen LogP contribution in [0.15, 0.2) is 42.5 Å². The number of para-hydroxylation sites is 2. The number of nitrogens with zero attached hydrogens (tertiary/aromatic N) is 2. The van der Waals surface area contributed by atoms with Crippen molar-refractivity contribution in [3.63, 3.8) is 0 Å². The van der Waals surface area contributed by atoms with Gasteiger partial charge in [-0.15, -0.1) is 0 Å². The second-order valence-electron chi connectivity index (χ2n) is 8.76. The lowest BCUT2D eigenvalue weighted by molar-refractivity contribution is -0.120. The Morgan fingerprint density at radius 3 is 2.53 bits per heavy atom. The Labute approximate surface area is 203 Å². The molecule has 1 amide bonds. The summed E-state index contributed by atoms with van der Waals surface area (Å²) in [5, 5.41) is 3.04. The summed E-state index contributed by atoms with van der Waals surface area (Å²) in [7, 11) is 3.21. The molecule has 0 radical (unpaired) electrons. The number of carbonyl (C=O) groups is 1. The second-order valence-corrected chi connectivity index (χ2v) is 8.76. The zero-order valence-electron chi connectivity index (χ0n) is 20.9. The van der Waals surface area contributed by atoms with Gasteiger partial charge in [-0.25, -0.2) is 4.98 Å². The van der Waals surface area contributed by atoms with Crippen molar-refractivity contribution in [2.24, 2.45) is 0 Å². The summed E-state index contributed by atoms with van der Waals surface area (Å²) in [5.41, 5.74) is 3.25. The summed E-state index contributed by atoms with van der Waals surface area (Å²) in [6.07, 6.45) is 9.43. The number of carbonyl (C=O) groups excluding carboxylic acids is 1. The number of amides is 1. The van der Waals surface area contributed by atoms with Gasteiger partial charge in [0.25, 0.3) is 0 Å². The van der Waals surface area contributed by atoms with Crippen molar-refractivity contribution >= 4 is 16.9 Å². The van der Waals surface area contributed by atoms with E-state index in [-0.39, 0.29) is 5.91 Å². The number of hydrogen-bond acceptors (Lipinski definition) is 4. The number of rotatable bonds is 15. The number of ether oxygens (including phenoxy) is 2. The number of aromatic nitrogens is 2. The lowest BCUT2D eigenvalue weighted by atomic mass is 10.1. The molecule has 3 aromatic rings. The number of benzene rings is 2. The SMILES string of the molecule is CCCCCCn1c(CCCCCNC(=O)Cc2ccc(OC)c(OC)c2)nc2ccccc21. The summed E-state index contributed by atoms with van der Waals surface area (Å²) < 4.78 is 13.0. The fraction of sp³-hybridized carbons (Fsp3) is 0.500. The summed E-state index contributed by atoms with van der Waals surface area (Å²) in [5.74, 6) is 2.53. The van der Waals surface area contributed by atoms with Crippen LogP contribution in [0.2, 0.25) is 0 Å². The van der Waals surface area contributed by atoms with Crippen LogP contribution in [0.5, 0.6) is 11.5 Å². The van der Waals surface area contributed by atoms with Gasteiger partial charge in [0.1, 0.15) is 5.82 Å². The van der Waals surface area contributed by atoms with Crippen LogP contribution in [0.3, 0.4) is 0 Å². The molecule has 0 aliphatic carbocycles. The third-order valence-electron chi connectivity index (χ3n) is 6.18. The maximum atomic E-state index is 12.3. The van der Waals surface area contributed by atoms with Crippen molar-refractivity contribution in [3.8, 4) is 11.5 Å². The summed E-state index contributed by atoms with van der Waals surface area (Å²) in [6, 6.07) is 14.0. The Morgan fingerprint density at radius 1 is 0.941 bits per heavy atom. The molecule has 0 fully saturated rings. The van der Waals surface area contributed by atoms with E-state index in [9.17, 15) is 4.79 Å². The van der Waals surface area contributed by atoms with Gasteiger partial charge in [0.2, 0.25) is 5.91 Å². The molecule has 1 N–H and O–H groups in total. The van der Waals surface area contributed by atoms with Gasteiger partial charge in [0.15, 0.2) is 11.5 Å². The number of unbranched alkanes of at least 4 members (excludes halogenated alkanes) is 5. The average molecular weight is 466 g/mol. The number of imidazole rings is 1. The zero-order chi connectivity index (χ0) is 24.2.